The van der Waals surface area contributed by atoms with Gasteiger partial charge in [0.1, 0.15) is 5.01 Å². The first-order chi connectivity index (χ1) is 8.60. The van der Waals surface area contributed by atoms with E-state index in [0.29, 0.717) is 12.1 Å². The van der Waals surface area contributed by atoms with Gasteiger partial charge in [-0.2, -0.15) is 5.26 Å². The average molecular weight is 257 g/mol. The van der Waals surface area contributed by atoms with Crippen molar-refractivity contribution in [1.29, 1.82) is 5.26 Å². The molecular weight excluding hydrogens is 242 g/mol. The first-order valence-corrected chi connectivity index (χ1v) is 6.59. The summed E-state index contributed by atoms with van der Waals surface area (Å²) < 4.78 is 0. The lowest BCUT2D eigenvalue weighted by Gasteiger charge is -2.08. The van der Waals surface area contributed by atoms with Crippen LogP contribution in [0.25, 0.3) is 0 Å². The molecule has 0 fully saturated rings. The van der Waals surface area contributed by atoms with Crippen LogP contribution in [0.1, 0.15) is 26.7 Å². The van der Waals surface area contributed by atoms with Crippen molar-refractivity contribution >= 4 is 17.0 Å². The van der Waals surface area contributed by atoms with Crippen molar-refractivity contribution in [1.82, 2.24) is 4.98 Å². The fourth-order valence-electron chi connectivity index (χ4n) is 1.67. The highest BCUT2D eigenvalue weighted by atomic mass is 32.1. The third-order valence-corrected chi connectivity index (χ3v) is 3.94. The quantitative estimate of drug-likeness (QED) is 0.914. The number of aryl methyl sites for hydroxylation is 3. The van der Waals surface area contributed by atoms with Gasteiger partial charge in [-0.3, -0.25) is 0 Å². The number of nitriles is 1. The number of hydrogen-bond acceptors (Lipinski definition) is 4. The van der Waals surface area contributed by atoms with Gasteiger partial charge in [-0.25, -0.2) is 4.98 Å². The fourth-order valence-corrected chi connectivity index (χ4v) is 2.54. The molecular formula is C14H15N3S. The van der Waals surface area contributed by atoms with Gasteiger partial charge >= 0.3 is 0 Å². The van der Waals surface area contributed by atoms with Crippen LogP contribution in [0.3, 0.4) is 0 Å². The van der Waals surface area contributed by atoms with Gasteiger partial charge in [-0.05, 0) is 38.5 Å². The van der Waals surface area contributed by atoms with E-state index >= 15 is 0 Å². The van der Waals surface area contributed by atoms with Crippen LogP contribution in [0.4, 0.5) is 5.69 Å². The summed E-state index contributed by atoms with van der Waals surface area (Å²) >= 11 is 1.71. The Morgan fingerprint density at radius 3 is 2.72 bits per heavy atom. The summed E-state index contributed by atoms with van der Waals surface area (Å²) in [6, 6.07) is 7.82. The Hall–Kier alpha value is -1.86. The van der Waals surface area contributed by atoms with E-state index in [9.17, 15) is 0 Å². The molecule has 0 aliphatic heterocycles. The van der Waals surface area contributed by atoms with E-state index in [0.717, 1.165) is 22.0 Å². The normalized spacial score (nSPS) is 10.1. The zero-order valence-corrected chi connectivity index (χ0v) is 11.6. The molecule has 1 aromatic carbocycles. The Morgan fingerprint density at radius 2 is 2.11 bits per heavy atom. The summed E-state index contributed by atoms with van der Waals surface area (Å²) in [5, 5.41) is 13.3. The molecule has 0 spiro atoms. The zero-order valence-electron chi connectivity index (χ0n) is 10.7. The summed E-state index contributed by atoms with van der Waals surface area (Å²) in [6.45, 7) is 6.84. The Morgan fingerprint density at radius 1 is 1.33 bits per heavy atom. The molecule has 1 N–H and O–H groups in total. The Balaban J connectivity index is 2.13. The van der Waals surface area contributed by atoms with E-state index in [-0.39, 0.29) is 0 Å². The van der Waals surface area contributed by atoms with E-state index < -0.39 is 0 Å². The summed E-state index contributed by atoms with van der Waals surface area (Å²) in [6.07, 6.45) is 0. The lowest BCUT2D eigenvalue weighted by molar-refractivity contribution is 1.07. The zero-order chi connectivity index (χ0) is 13.1. The Labute approximate surface area is 111 Å². The van der Waals surface area contributed by atoms with E-state index in [4.69, 9.17) is 5.26 Å². The number of rotatable bonds is 3. The molecule has 1 aromatic heterocycles. The molecule has 0 aliphatic rings. The van der Waals surface area contributed by atoms with Crippen molar-refractivity contribution in [3.05, 3.63) is 44.9 Å². The topological polar surface area (TPSA) is 48.7 Å². The summed E-state index contributed by atoms with van der Waals surface area (Å²) in [7, 11) is 0. The van der Waals surface area contributed by atoms with Crippen molar-refractivity contribution in [2.24, 2.45) is 0 Å². The van der Waals surface area contributed by atoms with Crippen molar-refractivity contribution < 1.29 is 0 Å². The van der Waals surface area contributed by atoms with Crippen molar-refractivity contribution in [3.8, 4) is 6.07 Å². The van der Waals surface area contributed by atoms with Gasteiger partial charge in [-0.15, -0.1) is 11.3 Å². The van der Waals surface area contributed by atoms with E-state index in [2.05, 4.69) is 23.3 Å². The molecule has 0 saturated carbocycles. The summed E-state index contributed by atoms with van der Waals surface area (Å²) in [5.41, 5.74) is 3.91. The minimum absolute atomic E-state index is 0.676. The Kier molecular flexibility index (Phi) is 3.63. The molecule has 2 rings (SSSR count). The number of nitrogens with one attached hydrogen (secondary N) is 1. The second kappa shape index (κ2) is 5.19. The third-order valence-electron chi connectivity index (χ3n) is 2.87. The predicted molar refractivity (Wildman–Crippen MR) is 74.8 cm³/mol. The summed E-state index contributed by atoms with van der Waals surface area (Å²) in [5.74, 6) is 0. The molecule has 3 nitrogen and oxygen atoms in total. The maximum Gasteiger partial charge on any atom is 0.112 e. The van der Waals surface area contributed by atoms with E-state index in [1.165, 1.54) is 4.88 Å². The van der Waals surface area contributed by atoms with Crippen LogP contribution in [-0.4, -0.2) is 4.98 Å². The molecule has 0 aliphatic carbocycles. The lowest BCUT2D eigenvalue weighted by Crippen LogP contribution is -2.01. The number of nitrogens with zero attached hydrogens (tertiary/aromatic N) is 2. The van der Waals surface area contributed by atoms with Gasteiger partial charge in [0.2, 0.25) is 0 Å². The lowest BCUT2D eigenvalue weighted by atomic mass is 10.1. The van der Waals surface area contributed by atoms with Gasteiger partial charge < -0.3 is 5.32 Å². The number of aromatic nitrogens is 1. The molecule has 18 heavy (non-hydrogen) atoms. The molecule has 0 saturated heterocycles. The molecule has 1 heterocycles. The van der Waals surface area contributed by atoms with Crippen molar-refractivity contribution in [3.63, 3.8) is 0 Å². The molecule has 0 atom stereocenters. The average Bonchev–Trinajstić information content (AvgIpc) is 2.68. The van der Waals surface area contributed by atoms with Crippen molar-refractivity contribution in [2.75, 3.05) is 5.32 Å². The molecule has 0 bridgehead atoms. The van der Waals surface area contributed by atoms with Gasteiger partial charge in [0, 0.05) is 10.6 Å². The largest absolute Gasteiger partial charge is 0.378 e. The smallest absolute Gasteiger partial charge is 0.112 e. The Bertz CT molecular complexity index is 588. The van der Waals surface area contributed by atoms with Gasteiger partial charge in [0.25, 0.3) is 0 Å². The van der Waals surface area contributed by atoms with Crippen molar-refractivity contribution in [2.45, 2.75) is 27.3 Å². The molecule has 0 radical (unpaired) electrons. The minimum atomic E-state index is 0.676. The van der Waals surface area contributed by atoms with Gasteiger partial charge in [0.15, 0.2) is 0 Å². The molecule has 2 aromatic rings. The predicted octanol–water partition coefficient (Wildman–Crippen LogP) is 3.55. The summed E-state index contributed by atoms with van der Waals surface area (Å²) in [4.78, 5) is 5.75. The van der Waals surface area contributed by atoms with Crippen LogP contribution >= 0.6 is 11.3 Å². The first kappa shape index (κ1) is 12.6. The highest BCUT2D eigenvalue weighted by Crippen LogP contribution is 2.20. The van der Waals surface area contributed by atoms with Gasteiger partial charge in [-0.1, -0.05) is 6.07 Å². The second-order valence-corrected chi connectivity index (χ2v) is 5.53. The number of thiazole rings is 1. The molecule has 0 amide bonds. The maximum atomic E-state index is 8.89. The molecule has 4 heteroatoms. The van der Waals surface area contributed by atoms with Crippen LogP contribution < -0.4 is 5.32 Å². The van der Waals surface area contributed by atoms with E-state index in [1.54, 1.807) is 11.3 Å². The maximum absolute atomic E-state index is 8.89. The number of hydrogen-bond donors (Lipinski definition) is 1. The van der Waals surface area contributed by atoms with Gasteiger partial charge in [0.05, 0.1) is 23.9 Å². The molecule has 0 unspecified atom stereocenters. The number of benzene rings is 1. The van der Waals surface area contributed by atoms with E-state index in [1.807, 2.05) is 32.0 Å². The SMILES string of the molecule is Cc1ccc(C#N)cc1NCc1nc(C)c(C)s1. The van der Waals surface area contributed by atoms with Crippen LogP contribution in [-0.2, 0) is 6.54 Å². The minimum Gasteiger partial charge on any atom is -0.378 e. The fraction of sp³-hybridized carbons (Fsp3) is 0.286. The second-order valence-electron chi connectivity index (χ2n) is 4.24. The van der Waals surface area contributed by atoms with Crippen LogP contribution in [0.5, 0.6) is 0 Å². The van der Waals surface area contributed by atoms with Crippen LogP contribution in [0, 0.1) is 32.1 Å². The highest BCUT2D eigenvalue weighted by Gasteiger charge is 2.05. The van der Waals surface area contributed by atoms with Crippen LogP contribution in [0.15, 0.2) is 18.2 Å². The number of anilines is 1. The van der Waals surface area contributed by atoms with Crippen LogP contribution in [0.2, 0.25) is 0 Å². The monoisotopic (exact) mass is 257 g/mol. The first-order valence-electron chi connectivity index (χ1n) is 5.77. The third kappa shape index (κ3) is 2.69. The standard InChI is InChI=1S/C14H15N3S/c1-9-4-5-12(7-15)6-13(9)16-8-14-17-10(2)11(3)18-14/h4-6,16H,8H2,1-3H3. The highest BCUT2D eigenvalue weighted by molar-refractivity contribution is 7.11. The molecule has 92 valence electrons.